The van der Waals surface area contributed by atoms with Crippen molar-refractivity contribution in [1.82, 2.24) is 9.97 Å². The highest BCUT2D eigenvalue weighted by Gasteiger charge is 2.07. The first-order valence-corrected chi connectivity index (χ1v) is 7.68. The Morgan fingerprint density at radius 2 is 1.87 bits per heavy atom. The number of nitrogens with zero attached hydrogens (tertiary/aromatic N) is 1. The van der Waals surface area contributed by atoms with E-state index < -0.39 is 0 Å². The van der Waals surface area contributed by atoms with Gasteiger partial charge in [-0.2, -0.15) is 0 Å². The van der Waals surface area contributed by atoms with Crippen LogP contribution in [0.2, 0.25) is 0 Å². The summed E-state index contributed by atoms with van der Waals surface area (Å²) in [6.45, 7) is 2.06. The van der Waals surface area contributed by atoms with Gasteiger partial charge >= 0.3 is 0 Å². The third-order valence-corrected chi connectivity index (χ3v) is 3.83. The molecule has 23 heavy (non-hydrogen) atoms. The van der Waals surface area contributed by atoms with Crippen LogP contribution in [0.25, 0.3) is 11.3 Å². The Labute approximate surface area is 135 Å². The number of aryl methyl sites for hydroxylation is 1. The number of nitrogens with one attached hydrogen (secondary N) is 1. The Morgan fingerprint density at radius 1 is 1.09 bits per heavy atom. The minimum Gasteiger partial charge on any atom is -0.398 e. The highest BCUT2D eigenvalue weighted by molar-refractivity contribution is 5.66. The number of aromatic nitrogens is 2. The molecule has 0 aliphatic heterocycles. The molecule has 0 radical (unpaired) electrons. The summed E-state index contributed by atoms with van der Waals surface area (Å²) in [7, 11) is 0. The normalized spacial score (nSPS) is 10.7. The van der Waals surface area contributed by atoms with E-state index in [9.17, 15) is 4.79 Å². The first kappa shape index (κ1) is 15.0. The predicted molar refractivity (Wildman–Crippen MR) is 93.3 cm³/mol. The van der Waals surface area contributed by atoms with Crippen LogP contribution in [0.3, 0.4) is 0 Å². The quantitative estimate of drug-likeness (QED) is 0.727. The third kappa shape index (κ3) is 3.48. The van der Waals surface area contributed by atoms with Crippen molar-refractivity contribution in [3.05, 3.63) is 81.9 Å². The lowest BCUT2D eigenvalue weighted by molar-refractivity contribution is 0.950. The Bertz CT molecular complexity index is 869. The van der Waals surface area contributed by atoms with Crippen molar-refractivity contribution in [2.45, 2.75) is 19.8 Å². The summed E-state index contributed by atoms with van der Waals surface area (Å²) in [5.41, 5.74) is 10.3. The lowest BCUT2D eigenvalue weighted by Gasteiger charge is -2.08. The zero-order valence-electron chi connectivity index (χ0n) is 13.0. The van der Waals surface area contributed by atoms with Crippen molar-refractivity contribution in [1.29, 1.82) is 0 Å². The molecule has 0 saturated carbocycles. The van der Waals surface area contributed by atoms with Gasteiger partial charge in [-0.3, -0.25) is 4.79 Å². The minimum absolute atomic E-state index is 0.154. The molecule has 0 aliphatic carbocycles. The third-order valence-electron chi connectivity index (χ3n) is 3.83. The van der Waals surface area contributed by atoms with E-state index in [0.717, 1.165) is 28.8 Å². The van der Waals surface area contributed by atoms with Crippen LogP contribution >= 0.6 is 0 Å². The van der Waals surface area contributed by atoms with Gasteiger partial charge in [0.05, 0.1) is 5.69 Å². The van der Waals surface area contributed by atoms with Gasteiger partial charge in [-0.05, 0) is 23.6 Å². The van der Waals surface area contributed by atoms with E-state index in [1.165, 1.54) is 6.07 Å². The molecule has 0 unspecified atom stereocenters. The molecule has 4 nitrogen and oxygen atoms in total. The topological polar surface area (TPSA) is 71.8 Å². The summed E-state index contributed by atoms with van der Waals surface area (Å²) in [5, 5.41) is 0. The molecule has 0 fully saturated rings. The Hall–Kier alpha value is -2.88. The van der Waals surface area contributed by atoms with E-state index in [1.807, 2.05) is 48.5 Å². The van der Waals surface area contributed by atoms with Crippen LogP contribution in [-0.2, 0) is 12.8 Å². The average molecular weight is 305 g/mol. The fourth-order valence-electron chi connectivity index (χ4n) is 2.61. The largest absolute Gasteiger partial charge is 0.398 e. The van der Waals surface area contributed by atoms with Crippen LogP contribution in [0, 0.1) is 0 Å². The molecular weight excluding hydrogens is 286 g/mol. The second-order valence-electron chi connectivity index (χ2n) is 5.51. The molecule has 1 heterocycles. The molecule has 4 heteroatoms. The van der Waals surface area contributed by atoms with E-state index >= 15 is 0 Å². The number of nitrogen functional groups attached to an aromatic ring is 1. The first-order chi connectivity index (χ1) is 11.2. The van der Waals surface area contributed by atoms with Crippen molar-refractivity contribution in [3.8, 4) is 11.3 Å². The molecule has 0 bridgehead atoms. The van der Waals surface area contributed by atoms with Gasteiger partial charge in [0.2, 0.25) is 0 Å². The van der Waals surface area contributed by atoms with Gasteiger partial charge in [0.15, 0.2) is 0 Å². The maximum absolute atomic E-state index is 12.0. The number of H-pyrrole nitrogens is 1. The number of nitrogens with two attached hydrogens (primary N) is 1. The number of benzene rings is 2. The molecule has 0 atom stereocenters. The van der Waals surface area contributed by atoms with E-state index in [-0.39, 0.29) is 5.56 Å². The summed E-state index contributed by atoms with van der Waals surface area (Å²) < 4.78 is 0. The molecule has 3 rings (SSSR count). The van der Waals surface area contributed by atoms with Crippen molar-refractivity contribution in [2.75, 3.05) is 5.73 Å². The van der Waals surface area contributed by atoms with Crippen molar-refractivity contribution in [3.63, 3.8) is 0 Å². The zero-order valence-corrected chi connectivity index (χ0v) is 13.0. The highest BCUT2D eigenvalue weighted by atomic mass is 16.1. The number of hydrogen-bond acceptors (Lipinski definition) is 3. The maximum atomic E-state index is 12.0. The number of rotatable bonds is 4. The summed E-state index contributed by atoms with van der Waals surface area (Å²) in [6.07, 6.45) is 1.47. The average Bonchev–Trinajstić information content (AvgIpc) is 2.55. The van der Waals surface area contributed by atoms with Crippen molar-refractivity contribution < 1.29 is 0 Å². The minimum atomic E-state index is -0.154. The zero-order chi connectivity index (χ0) is 16.2. The smallest absolute Gasteiger partial charge is 0.251 e. The van der Waals surface area contributed by atoms with E-state index in [1.54, 1.807) is 0 Å². The van der Waals surface area contributed by atoms with Crippen LogP contribution in [0.15, 0.2) is 59.4 Å². The summed E-state index contributed by atoms with van der Waals surface area (Å²) >= 11 is 0. The second-order valence-corrected chi connectivity index (χ2v) is 5.51. The van der Waals surface area contributed by atoms with Crippen LogP contribution < -0.4 is 11.3 Å². The van der Waals surface area contributed by atoms with Gasteiger partial charge in [-0.15, -0.1) is 0 Å². The SMILES string of the molecule is CCc1ccc(-c2cc(=O)[nH]c(Cc3ccccc3)n2)cc1N. The highest BCUT2D eigenvalue weighted by Crippen LogP contribution is 2.22. The van der Waals surface area contributed by atoms with Gasteiger partial charge in [0.1, 0.15) is 5.82 Å². The molecule has 1 aromatic heterocycles. The lowest BCUT2D eigenvalue weighted by Crippen LogP contribution is -2.11. The van der Waals surface area contributed by atoms with Gasteiger partial charge in [-0.25, -0.2) is 4.98 Å². The molecule has 116 valence electrons. The van der Waals surface area contributed by atoms with Crippen molar-refractivity contribution >= 4 is 5.69 Å². The molecule has 0 saturated heterocycles. The van der Waals surface area contributed by atoms with Gasteiger partial charge in [-0.1, -0.05) is 49.4 Å². The Balaban J connectivity index is 1.97. The van der Waals surface area contributed by atoms with Gasteiger partial charge in [0, 0.05) is 23.7 Å². The van der Waals surface area contributed by atoms with Crippen LogP contribution in [-0.4, -0.2) is 9.97 Å². The van der Waals surface area contributed by atoms with Crippen molar-refractivity contribution in [2.24, 2.45) is 0 Å². The summed E-state index contributed by atoms with van der Waals surface area (Å²) in [4.78, 5) is 19.3. The van der Waals surface area contributed by atoms with Crippen LogP contribution in [0.4, 0.5) is 5.69 Å². The molecule has 3 aromatic rings. The molecule has 3 N–H and O–H groups in total. The second kappa shape index (κ2) is 6.48. The summed E-state index contributed by atoms with van der Waals surface area (Å²) in [5.74, 6) is 0.650. The maximum Gasteiger partial charge on any atom is 0.251 e. The Kier molecular flexibility index (Phi) is 4.24. The molecule has 0 spiro atoms. The lowest BCUT2D eigenvalue weighted by atomic mass is 10.0. The van der Waals surface area contributed by atoms with Crippen LogP contribution in [0.5, 0.6) is 0 Å². The number of aromatic amines is 1. The van der Waals surface area contributed by atoms with E-state index in [0.29, 0.717) is 17.9 Å². The molecule has 0 aliphatic rings. The standard InChI is InChI=1S/C19H19N3O/c1-2-14-8-9-15(11-16(14)20)17-12-19(23)22-18(21-17)10-13-6-4-3-5-7-13/h3-9,11-12H,2,10,20H2,1H3,(H,21,22,23). The molecule has 2 aromatic carbocycles. The molecular formula is C19H19N3O. The summed E-state index contributed by atoms with van der Waals surface area (Å²) in [6, 6.07) is 17.3. The van der Waals surface area contributed by atoms with Gasteiger partial charge in [0.25, 0.3) is 5.56 Å². The van der Waals surface area contributed by atoms with Gasteiger partial charge < -0.3 is 10.7 Å². The fraction of sp³-hybridized carbons (Fsp3) is 0.158. The number of anilines is 1. The fourth-order valence-corrected chi connectivity index (χ4v) is 2.61. The van der Waals surface area contributed by atoms with E-state index in [2.05, 4.69) is 16.9 Å². The number of hydrogen-bond donors (Lipinski definition) is 2. The van der Waals surface area contributed by atoms with E-state index in [4.69, 9.17) is 5.73 Å². The van der Waals surface area contributed by atoms with Crippen LogP contribution in [0.1, 0.15) is 23.9 Å². The molecule has 0 amide bonds. The Morgan fingerprint density at radius 3 is 2.57 bits per heavy atom. The predicted octanol–water partition coefficient (Wildman–Crippen LogP) is 3.17. The first-order valence-electron chi connectivity index (χ1n) is 7.68. The monoisotopic (exact) mass is 305 g/mol.